The molecular weight excluding hydrogens is 182 g/mol. The lowest BCUT2D eigenvalue weighted by Gasteiger charge is -2.13. The summed E-state index contributed by atoms with van der Waals surface area (Å²) in [4.78, 5) is 13.1. The first-order chi connectivity index (χ1) is 5.24. The van der Waals surface area contributed by atoms with Crippen molar-refractivity contribution in [3.05, 3.63) is 0 Å². The van der Waals surface area contributed by atoms with E-state index in [4.69, 9.17) is 11.6 Å². The zero-order valence-electron chi connectivity index (χ0n) is 6.55. The zero-order valence-corrected chi connectivity index (χ0v) is 8.12. The van der Waals surface area contributed by atoms with Crippen LogP contribution in [0.5, 0.6) is 0 Å². The van der Waals surface area contributed by atoms with Crippen LogP contribution in [0.2, 0.25) is 0 Å². The van der Waals surface area contributed by atoms with E-state index in [1.165, 1.54) is 0 Å². The molecule has 1 aliphatic rings. The van der Waals surface area contributed by atoms with Crippen molar-refractivity contribution in [2.24, 2.45) is 0 Å². The van der Waals surface area contributed by atoms with Gasteiger partial charge in [0.2, 0.25) is 5.91 Å². The molecule has 1 aliphatic heterocycles. The number of rotatable bonds is 2. The van der Waals surface area contributed by atoms with Crippen molar-refractivity contribution in [1.82, 2.24) is 4.90 Å². The van der Waals surface area contributed by atoms with Crippen LogP contribution >= 0.6 is 23.4 Å². The van der Waals surface area contributed by atoms with Crippen molar-refractivity contribution in [2.45, 2.75) is 11.8 Å². The van der Waals surface area contributed by atoms with Crippen LogP contribution in [-0.4, -0.2) is 41.3 Å². The Balaban J connectivity index is 2.31. The lowest BCUT2D eigenvalue weighted by Crippen LogP contribution is -2.30. The number of amides is 1. The average Bonchev–Trinajstić information content (AvgIpc) is 2.36. The number of nitrogens with zero attached hydrogens (tertiary/aromatic N) is 1. The van der Waals surface area contributed by atoms with Gasteiger partial charge in [-0.2, -0.15) is 11.8 Å². The largest absolute Gasteiger partial charge is 0.340 e. The summed E-state index contributed by atoms with van der Waals surface area (Å²) in [6.45, 7) is 1.58. The molecular formula is C7H12ClNOS. The van der Waals surface area contributed by atoms with Crippen LogP contribution in [0.15, 0.2) is 0 Å². The normalized spacial score (nSPS) is 24.2. The van der Waals surface area contributed by atoms with Crippen molar-refractivity contribution < 1.29 is 4.79 Å². The molecule has 0 aromatic heterocycles. The van der Waals surface area contributed by atoms with E-state index in [9.17, 15) is 4.79 Å². The summed E-state index contributed by atoms with van der Waals surface area (Å²) >= 11 is 7.41. The number of hydrogen-bond donors (Lipinski definition) is 0. The molecule has 0 aliphatic carbocycles. The smallest absolute Gasteiger partial charge is 0.232 e. The maximum absolute atomic E-state index is 11.2. The molecule has 0 bridgehead atoms. The fourth-order valence-corrected chi connectivity index (χ4v) is 1.85. The second-order valence-corrected chi connectivity index (χ2v) is 4.14. The zero-order chi connectivity index (χ0) is 8.27. The SMILES string of the molecule is CSCC(=O)N1CCC(Cl)C1. The summed E-state index contributed by atoms with van der Waals surface area (Å²) in [6, 6.07) is 0. The fraction of sp³-hybridized carbons (Fsp3) is 0.857. The van der Waals surface area contributed by atoms with Crippen molar-refractivity contribution >= 4 is 29.3 Å². The molecule has 0 radical (unpaired) electrons. The Labute approximate surface area is 76.3 Å². The molecule has 2 nitrogen and oxygen atoms in total. The predicted molar refractivity (Wildman–Crippen MR) is 49.2 cm³/mol. The van der Waals surface area contributed by atoms with Crippen LogP contribution in [0.1, 0.15) is 6.42 Å². The number of likely N-dealkylation sites (tertiary alicyclic amines) is 1. The van der Waals surface area contributed by atoms with E-state index in [1.807, 2.05) is 11.2 Å². The van der Waals surface area contributed by atoms with Gasteiger partial charge in [0.25, 0.3) is 0 Å². The van der Waals surface area contributed by atoms with E-state index >= 15 is 0 Å². The van der Waals surface area contributed by atoms with Gasteiger partial charge in [0.1, 0.15) is 0 Å². The standard InChI is InChI=1S/C7H12ClNOS/c1-11-5-7(10)9-3-2-6(8)4-9/h6H,2-5H2,1H3. The number of carbonyl (C=O) groups excluding carboxylic acids is 1. The van der Waals surface area contributed by atoms with Gasteiger partial charge in [-0.25, -0.2) is 0 Å². The highest BCUT2D eigenvalue weighted by Crippen LogP contribution is 2.15. The molecule has 1 atom stereocenters. The highest BCUT2D eigenvalue weighted by Gasteiger charge is 2.23. The number of hydrogen-bond acceptors (Lipinski definition) is 2. The maximum atomic E-state index is 11.2. The minimum absolute atomic E-state index is 0.181. The van der Waals surface area contributed by atoms with E-state index in [2.05, 4.69) is 0 Å². The Bertz CT molecular complexity index is 153. The summed E-state index contributed by atoms with van der Waals surface area (Å²) in [7, 11) is 0. The van der Waals surface area contributed by atoms with Gasteiger partial charge in [0, 0.05) is 13.1 Å². The second kappa shape index (κ2) is 4.21. The lowest BCUT2D eigenvalue weighted by atomic mass is 10.4. The monoisotopic (exact) mass is 193 g/mol. The summed E-state index contributed by atoms with van der Waals surface area (Å²) < 4.78 is 0. The maximum Gasteiger partial charge on any atom is 0.232 e. The Morgan fingerprint density at radius 1 is 1.82 bits per heavy atom. The molecule has 0 aromatic carbocycles. The predicted octanol–water partition coefficient (Wildman–Crippen LogP) is 1.19. The van der Waals surface area contributed by atoms with Crippen molar-refractivity contribution in [3.63, 3.8) is 0 Å². The molecule has 0 spiro atoms. The van der Waals surface area contributed by atoms with Crippen LogP contribution in [0.25, 0.3) is 0 Å². The topological polar surface area (TPSA) is 20.3 Å². The van der Waals surface area contributed by atoms with Gasteiger partial charge < -0.3 is 4.90 Å². The summed E-state index contributed by atoms with van der Waals surface area (Å²) in [6.07, 6.45) is 2.88. The number of carbonyl (C=O) groups is 1. The number of alkyl halides is 1. The third-order valence-electron chi connectivity index (χ3n) is 1.75. The minimum atomic E-state index is 0.181. The summed E-state index contributed by atoms with van der Waals surface area (Å²) in [5, 5.41) is 0.181. The van der Waals surface area contributed by atoms with Gasteiger partial charge in [-0.05, 0) is 12.7 Å². The van der Waals surface area contributed by atoms with Gasteiger partial charge in [0.05, 0.1) is 11.1 Å². The Hall–Kier alpha value is 0.110. The molecule has 1 saturated heterocycles. The van der Waals surface area contributed by atoms with E-state index in [1.54, 1.807) is 11.8 Å². The first kappa shape index (κ1) is 9.20. The fourth-order valence-electron chi connectivity index (χ4n) is 1.16. The third-order valence-corrected chi connectivity index (χ3v) is 2.64. The lowest BCUT2D eigenvalue weighted by molar-refractivity contribution is -0.127. The third kappa shape index (κ3) is 2.56. The quantitative estimate of drug-likeness (QED) is 0.615. The Morgan fingerprint density at radius 3 is 3.00 bits per heavy atom. The highest BCUT2D eigenvalue weighted by atomic mass is 35.5. The molecule has 0 N–H and O–H groups in total. The van der Waals surface area contributed by atoms with E-state index in [0.29, 0.717) is 5.75 Å². The van der Waals surface area contributed by atoms with Crippen LogP contribution in [-0.2, 0) is 4.79 Å². The first-order valence-electron chi connectivity index (χ1n) is 3.65. The van der Waals surface area contributed by atoms with Gasteiger partial charge in [0.15, 0.2) is 0 Å². The molecule has 1 heterocycles. The Kier molecular flexibility index (Phi) is 3.52. The number of halogens is 1. The van der Waals surface area contributed by atoms with E-state index in [-0.39, 0.29) is 11.3 Å². The molecule has 4 heteroatoms. The minimum Gasteiger partial charge on any atom is -0.340 e. The summed E-state index contributed by atoms with van der Waals surface area (Å²) in [5.41, 5.74) is 0. The Morgan fingerprint density at radius 2 is 2.55 bits per heavy atom. The van der Waals surface area contributed by atoms with Crippen LogP contribution in [0, 0.1) is 0 Å². The molecule has 0 aromatic rings. The van der Waals surface area contributed by atoms with E-state index < -0.39 is 0 Å². The van der Waals surface area contributed by atoms with Gasteiger partial charge >= 0.3 is 0 Å². The van der Waals surface area contributed by atoms with Crippen LogP contribution in [0.3, 0.4) is 0 Å². The molecule has 1 fully saturated rings. The molecule has 1 amide bonds. The molecule has 1 unspecified atom stereocenters. The van der Waals surface area contributed by atoms with E-state index in [0.717, 1.165) is 19.5 Å². The molecule has 1 rings (SSSR count). The van der Waals surface area contributed by atoms with Crippen molar-refractivity contribution in [2.75, 3.05) is 25.1 Å². The molecule has 0 saturated carbocycles. The van der Waals surface area contributed by atoms with Crippen LogP contribution in [0.4, 0.5) is 0 Å². The van der Waals surface area contributed by atoms with Gasteiger partial charge in [-0.3, -0.25) is 4.79 Å². The van der Waals surface area contributed by atoms with Crippen molar-refractivity contribution in [3.8, 4) is 0 Å². The number of thioether (sulfide) groups is 1. The average molecular weight is 194 g/mol. The van der Waals surface area contributed by atoms with Crippen LogP contribution < -0.4 is 0 Å². The summed E-state index contributed by atoms with van der Waals surface area (Å²) in [5.74, 6) is 0.810. The van der Waals surface area contributed by atoms with Gasteiger partial charge in [-0.1, -0.05) is 0 Å². The van der Waals surface area contributed by atoms with Gasteiger partial charge in [-0.15, -0.1) is 11.6 Å². The highest BCUT2D eigenvalue weighted by molar-refractivity contribution is 7.99. The molecule has 64 valence electrons. The molecule has 11 heavy (non-hydrogen) atoms. The van der Waals surface area contributed by atoms with Crippen molar-refractivity contribution in [1.29, 1.82) is 0 Å². The second-order valence-electron chi connectivity index (χ2n) is 2.66. The first-order valence-corrected chi connectivity index (χ1v) is 5.48.